The smallest absolute Gasteiger partial charge is 0.480 e. The van der Waals surface area contributed by atoms with E-state index in [1.165, 1.54) is 25.1 Å². The maximum Gasteiger partial charge on any atom is 0.573 e. The van der Waals surface area contributed by atoms with Crippen LogP contribution >= 0.6 is 23.2 Å². The number of aliphatic carboxylic acids is 1. The summed E-state index contributed by atoms with van der Waals surface area (Å²) in [5.74, 6) is -1.58. The Morgan fingerprint density at radius 3 is 2.23 bits per heavy atom. The number of amides is 1. The molecule has 0 fully saturated rings. The van der Waals surface area contributed by atoms with Gasteiger partial charge in [-0.05, 0) is 26.0 Å². The number of carboxylic acids is 1. The average molecular weight is 419 g/mol. The van der Waals surface area contributed by atoms with Crippen molar-refractivity contribution in [3.8, 4) is 5.75 Å². The number of halogens is 5. The van der Waals surface area contributed by atoms with Crippen LogP contribution in [0.15, 0.2) is 24.3 Å². The van der Waals surface area contributed by atoms with Crippen molar-refractivity contribution in [2.75, 3.05) is 18.4 Å². The number of carbonyl (C=O) groups excluding carboxylic acids is 1. The number of anilines is 1. The number of alkyl halides is 5. The van der Waals surface area contributed by atoms with Crippen LogP contribution < -0.4 is 15.4 Å². The van der Waals surface area contributed by atoms with Gasteiger partial charge in [-0.2, -0.15) is 0 Å². The summed E-state index contributed by atoms with van der Waals surface area (Å²) in [7, 11) is 0. The molecule has 0 aliphatic rings. The minimum Gasteiger partial charge on any atom is -0.480 e. The molecule has 0 aliphatic carbocycles. The van der Waals surface area contributed by atoms with Gasteiger partial charge in [0.1, 0.15) is 16.5 Å². The van der Waals surface area contributed by atoms with Crippen LogP contribution in [0.1, 0.15) is 13.8 Å². The fraction of sp³-hybridized carbons (Fsp3) is 0.467. The molecule has 1 aromatic rings. The third-order valence-corrected chi connectivity index (χ3v) is 2.91. The highest BCUT2D eigenvalue weighted by Gasteiger charge is 2.31. The Labute approximate surface area is 158 Å². The molecule has 0 saturated heterocycles. The van der Waals surface area contributed by atoms with Gasteiger partial charge >= 0.3 is 12.3 Å². The lowest BCUT2D eigenvalue weighted by Crippen LogP contribution is -2.33. The Balaban J connectivity index is 0.000000896. The largest absolute Gasteiger partial charge is 0.573 e. The van der Waals surface area contributed by atoms with E-state index in [4.69, 9.17) is 28.3 Å². The van der Waals surface area contributed by atoms with Crippen LogP contribution in [0.4, 0.5) is 18.9 Å². The van der Waals surface area contributed by atoms with E-state index in [0.717, 1.165) is 0 Å². The lowest BCUT2D eigenvalue weighted by Gasteiger charge is -2.12. The number of nitrogens with one attached hydrogen (secondary N) is 2. The average Bonchev–Trinajstić information content (AvgIpc) is 2.50. The van der Waals surface area contributed by atoms with Crippen LogP contribution in [0.2, 0.25) is 0 Å². The van der Waals surface area contributed by atoms with E-state index in [-0.39, 0.29) is 11.7 Å². The molecule has 0 aromatic heterocycles. The Morgan fingerprint density at radius 1 is 1.19 bits per heavy atom. The Hall–Kier alpha value is -1.87. The first-order valence-electron chi connectivity index (χ1n) is 7.30. The van der Waals surface area contributed by atoms with Crippen molar-refractivity contribution in [1.29, 1.82) is 0 Å². The standard InChI is InChI=1S/C12H14ClF3N2O2.C3H5ClO2/c1-8(13)11(19)18-6-5-17-9-3-2-4-10(7-9)20-12(14,15)16;1-2(4)3(5)6/h2-4,7-8,17H,5-6H2,1H3,(H,18,19);2H,1H3,(H,5,6). The number of ether oxygens (including phenoxy) is 1. The molecular weight excluding hydrogens is 400 g/mol. The highest BCUT2D eigenvalue weighted by molar-refractivity contribution is 6.30. The third kappa shape index (κ3) is 12.5. The monoisotopic (exact) mass is 418 g/mol. The van der Waals surface area contributed by atoms with Crippen LogP contribution in [0, 0.1) is 0 Å². The molecule has 1 amide bonds. The zero-order valence-electron chi connectivity index (χ0n) is 13.9. The van der Waals surface area contributed by atoms with Gasteiger partial charge in [-0.3, -0.25) is 9.59 Å². The lowest BCUT2D eigenvalue weighted by molar-refractivity contribution is -0.274. The topological polar surface area (TPSA) is 87.7 Å². The molecule has 1 aromatic carbocycles. The number of hydrogen-bond donors (Lipinski definition) is 3. The molecule has 148 valence electrons. The molecule has 2 unspecified atom stereocenters. The van der Waals surface area contributed by atoms with Crippen LogP contribution in [0.3, 0.4) is 0 Å². The van der Waals surface area contributed by atoms with Crippen LogP contribution in [0.25, 0.3) is 0 Å². The number of benzene rings is 1. The molecule has 0 radical (unpaired) electrons. The molecule has 1 rings (SSSR count). The summed E-state index contributed by atoms with van der Waals surface area (Å²) in [6, 6.07) is 5.45. The van der Waals surface area contributed by atoms with Crippen LogP contribution in [0.5, 0.6) is 5.75 Å². The predicted octanol–water partition coefficient (Wildman–Crippen LogP) is 3.44. The Kier molecular flexibility index (Phi) is 10.8. The first-order valence-corrected chi connectivity index (χ1v) is 8.18. The van der Waals surface area contributed by atoms with E-state index in [9.17, 15) is 22.8 Å². The number of rotatable bonds is 7. The second-order valence-electron chi connectivity index (χ2n) is 4.86. The van der Waals surface area contributed by atoms with E-state index in [0.29, 0.717) is 18.8 Å². The molecule has 3 N–H and O–H groups in total. The van der Waals surface area contributed by atoms with Crippen LogP contribution in [-0.2, 0) is 9.59 Å². The number of carboxylic acid groups (broad SMARTS) is 1. The summed E-state index contributed by atoms with van der Waals surface area (Å²) < 4.78 is 39.9. The fourth-order valence-corrected chi connectivity index (χ4v) is 1.41. The Bertz CT molecular complexity index is 584. The quantitative estimate of drug-likeness (QED) is 0.466. The molecule has 11 heteroatoms. The second kappa shape index (κ2) is 11.7. The van der Waals surface area contributed by atoms with Crippen molar-refractivity contribution in [1.82, 2.24) is 5.32 Å². The highest BCUT2D eigenvalue weighted by atomic mass is 35.5. The zero-order chi connectivity index (χ0) is 20.3. The van der Waals surface area contributed by atoms with Gasteiger partial charge in [0.2, 0.25) is 5.91 Å². The molecule has 6 nitrogen and oxygen atoms in total. The third-order valence-electron chi connectivity index (χ3n) is 2.52. The molecular formula is C15H19Cl2F3N2O4. The summed E-state index contributed by atoms with van der Waals surface area (Å²) in [5, 5.41) is 11.9. The van der Waals surface area contributed by atoms with Crippen molar-refractivity contribution in [3.63, 3.8) is 0 Å². The van der Waals surface area contributed by atoms with E-state index in [2.05, 4.69) is 15.4 Å². The summed E-state index contributed by atoms with van der Waals surface area (Å²) in [6.45, 7) is 3.61. The van der Waals surface area contributed by atoms with Gasteiger partial charge in [-0.15, -0.1) is 36.4 Å². The lowest BCUT2D eigenvalue weighted by atomic mass is 10.3. The van der Waals surface area contributed by atoms with Crippen molar-refractivity contribution < 1.29 is 32.6 Å². The van der Waals surface area contributed by atoms with E-state index >= 15 is 0 Å². The summed E-state index contributed by atoms with van der Waals surface area (Å²) in [6.07, 6.45) is -4.72. The van der Waals surface area contributed by atoms with Crippen molar-refractivity contribution in [2.45, 2.75) is 31.0 Å². The van der Waals surface area contributed by atoms with E-state index in [1.807, 2.05) is 0 Å². The van der Waals surface area contributed by atoms with Crippen molar-refractivity contribution >= 4 is 40.8 Å². The summed E-state index contributed by atoms with van der Waals surface area (Å²) in [5.41, 5.74) is 0.458. The number of carbonyl (C=O) groups is 2. The predicted molar refractivity (Wildman–Crippen MR) is 92.9 cm³/mol. The van der Waals surface area contributed by atoms with Gasteiger partial charge < -0.3 is 20.5 Å². The SMILES string of the molecule is CC(Cl)C(=O)NCCNc1cccc(OC(F)(F)F)c1.CC(Cl)C(=O)O. The summed E-state index contributed by atoms with van der Waals surface area (Å²) >= 11 is 10.6. The fourth-order valence-electron chi connectivity index (χ4n) is 1.34. The number of hydrogen-bond acceptors (Lipinski definition) is 4. The van der Waals surface area contributed by atoms with Crippen molar-refractivity contribution in [3.05, 3.63) is 24.3 Å². The minimum atomic E-state index is -4.72. The van der Waals surface area contributed by atoms with Gasteiger partial charge in [-0.25, -0.2) is 0 Å². The van der Waals surface area contributed by atoms with Gasteiger partial charge in [0, 0.05) is 24.8 Å². The summed E-state index contributed by atoms with van der Waals surface area (Å²) in [4.78, 5) is 20.7. The van der Waals surface area contributed by atoms with Gasteiger partial charge in [0.05, 0.1) is 0 Å². The molecule has 0 heterocycles. The highest BCUT2D eigenvalue weighted by Crippen LogP contribution is 2.24. The molecule has 0 saturated carbocycles. The molecule has 26 heavy (non-hydrogen) atoms. The zero-order valence-corrected chi connectivity index (χ0v) is 15.5. The van der Waals surface area contributed by atoms with Gasteiger partial charge in [0.25, 0.3) is 0 Å². The molecule has 0 aliphatic heterocycles. The van der Waals surface area contributed by atoms with E-state index in [1.54, 1.807) is 13.0 Å². The van der Waals surface area contributed by atoms with Gasteiger partial charge in [0.15, 0.2) is 0 Å². The molecule has 0 spiro atoms. The van der Waals surface area contributed by atoms with E-state index < -0.39 is 23.1 Å². The first kappa shape index (κ1) is 24.1. The maximum absolute atomic E-state index is 12.0. The minimum absolute atomic E-state index is 0.303. The van der Waals surface area contributed by atoms with Crippen LogP contribution in [-0.4, -0.2) is 47.2 Å². The maximum atomic E-state index is 12.0. The first-order chi connectivity index (χ1) is 11.9. The second-order valence-corrected chi connectivity index (χ2v) is 6.17. The normalized spacial score (nSPS) is 12.9. The van der Waals surface area contributed by atoms with Gasteiger partial charge in [-0.1, -0.05) is 6.07 Å². The Morgan fingerprint density at radius 2 is 1.77 bits per heavy atom. The van der Waals surface area contributed by atoms with Crippen molar-refractivity contribution in [2.24, 2.45) is 0 Å². The molecule has 2 atom stereocenters. The molecule has 0 bridgehead atoms.